The summed E-state index contributed by atoms with van der Waals surface area (Å²) in [6.45, 7) is 4.64. The lowest BCUT2D eigenvalue weighted by molar-refractivity contribution is 0.0970. The first-order valence-corrected chi connectivity index (χ1v) is 11.8. The summed E-state index contributed by atoms with van der Waals surface area (Å²) in [4.78, 5) is 28.5. The van der Waals surface area contributed by atoms with Crippen molar-refractivity contribution in [2.24, 2.45) is 0 Å². The van der Waals surface area contributed by atoms with Gasteiger partial charge < -0.3 is 9.15 Å². The lowest BCUT2D eigenvalue weighted by Gasteiger charge is -2.22. The third-order valence-corrected chi connectivity index (χ3v) is 6.55. The Bertz CT molecular complexity index is 1380. The van der Waals surface area contributed by atoms with Gasteiger partial charge in [-0.05, 0) is 43.2 Å². The molecule has 0 N–H and O–H groups in total. The monoisotopic (exact) mass is 461 g/mol. The molecule has 0 spiro atoms. The Morgan fingerprint density at radius 2 is 1.85 bits per heavy atom. The fourth-order valence-electron chi connectivity index (χ4n) is 4.10. The number of nitrogens with zero attached hydrogens (tertiary/aromatic N) is 3. The standard InChI is InChI=1S/C25H23N3O4S/c1-3-4-7-14-31-17-12-10-16(11-13-17)21-20-22(29)18-8-5-6-9-19(18)32-23(20)24(30)28(21)25-27-26-15(2)33-25/h5-6,8-13,21H,3-4,7,14H2,1-2H3/t21-/m1/s1. The predicted molar refractivity (Wildman–Crippen MR) is 127 cm³/mol. The molecule has 33 heavy (non-hydrogen) atoms. The molecule has 0 aliphatic carbocycles. The largest absolute Gasteiger partial charge is 0.494 e. The number of amides is 1. The molecular weight excluding hydrogens is 438 g/mol. The number of unbranched alkanes of at least 4 members (excludes halogenated alkanes) is 2. The maximum atomic E-state index is 13.5. The lowest BCUT2D eigenvalue weighted by Crippen LogP contribution is -2.29. The van der Waals surface area contributed by atoms with E-state index in [0.717, 1.165) is 35.6 Å². The van der Waals surface area contributed by atoms with Gasteiger partial charge in [-0.25, -0.2) is 0 Å². The molecule has 0 radical (unpaired) electrons. The molecule has 168 valence electrons. The van der Waals surface area contributed by atoms with E-state index in [4.69, 9.17) is 9.15 Å². The molecule has 0 saturated carbocycles. The highest BCUT2D eigenvalue weighted by Gasteiger charge is 2.45. The van der Waals surface area contributed by atoms with Crippen molar-refractivity contribution >= 4 is 33.3 Å². The first-order valence-electron chi connectivity index (χ1n) is 11.0. The fourth-order valence-corrected chi connectivity index (χ4v) is 4.82. The highest BCUT2D eigenvalue weighted by molar-refractivity contribution is 7.15. The molecule has 8 heteroatoms. The van der Waals surface area contributed by atoms with Gasteiger partial charge in [0.25, 0.3) is 5.91 Å². The van der Waals surface area contributed by atoms with E-state index in [1.54, 1.807) is 24.3 Å². The summed E-state index contributed by atoms with van der Waals surface area (Å²) >= 11 is 1.30. The summed E-state index contributed by atoms with van der Waals surface area (Å²) in [5.74, 6) is 0.411. The van der Waals surface area contributed by atoms with Crippen molar-refractivity contribution in [2.75, 3.05) is 11.5 Å². The number of anilines is 1. The van der Waals surface area contributed by atoms with Gasteiger partial charge in [-0.1, -0.05) is 55.4 Å². The fraction of sp³-hybridized carbons (Fsp3) is 0.280. The van der Waals surface area contributed by atoms with E-state index in [9.17, 15) is 9.59 Å². The maximum Gasteiger partial charge on any atom is 0.297 e. The number of carbonyl (C=O) groups excluding carboxylic acids is 1. The number of para-hydroxylation sites is 1. The van der Waals surface area contributed by atoms with Gasteiger partial charge in [-0.15, -0.1) is 10.2 Å². The van der Waals surface area contributed by atoms with Gasteiger partial charge in [0.15, 0.2) is 5.43 Å². The number of carbonyl (C=O) groups is 1. The Morgan fingerprint density at radius 3 is 2.58 bits per heavy atom. The van der Waals surface area contributed by atoms with E-state index in [1.165, 1.54) is 16.2 Å². The van der Waals surface area contributed by atoms with Crippen LogP contribution in [-0.2, 0) is 0 Å². The number of ether oxygens (including phenoxy) is 1. The molecule has 3 heterocycles. The maximum absolute atomic E-state index is 13.5. The van der Waals surface area contributed by atoms with Crippen molar-refractivity contribution < 1.29 is 13.9 Å². The van der Waals surface area contributed by atoms with Crippen LogP contribution in [0.5, 0.6) is 5.75 Å². The molecule has 1 atom stereocenters. The number of fused-ring (bicyclic) bond motifs is 2. The van der Waals surface area contributed by atoms with E-state index in [-0.39, 0.29) is 11.2 Å². The van der Waals surface area contributed by atoms with E-state index >= 15 is 0 Å². The second-order valence-corrected chi connectivity index (χ2v) is 9.14. The van der Waals surface area contributed by atoms with E-state index in [1.807, 2.05) is 31.2 Å². The molecule has 2 aromatic carbocycles. The van der Waals surface area contributed by atoms with E-state index < -0.39 is 11.9 Å². The van der Waals surface area contributed by atoms with Crippen molar-refractivity contribution in [3.63, 3.8) is 0 Å². The number of rotatable bonds is 7. The van der Waals surface area contributed by atoms with E-state index in [2.05, 4.69) is 17.1 Å². The van der Waals surface area contributed by atoms with Crippen LogP contribution in [0.1, 0.15) is 58.9 Å². The van der Waals surface area contributed by atoms with Crippen LogP contribution in [0.3, 0.4) is 0 Å². The first-order chi connectivity index (χ1) is 16.1. The Labute approximate surface area is 194 Å². The lowest BCUT2D eigenvalue weighted by atomic mass is 9.98. The minimum atomic E-state index is -0.658. The zero-order valence-electron chi connectivity index (χ0n) is 18.4. The van der Waals surface area contributed by atoms with Gasteiger partial charge in [0.1, 0.15) is 16.3 Å². The van der Waals surface area contributed by atoms with Gasteiger partial charge >= 0.3 is 0 Å². The highest BCUT2D eigenvalue weighted by Crippen LogP contribution is 2.42. The van der Waals surface area contributed by atoms with Gasteiger partial charge in [-0.3, -0.25) is 14.5 Å². The zero-order chi connectivity index (χ0) is 22.9. The van der Waals surface area contributed by atoms with Gasteiger partial charge in [0.05, 0.1) is 23.6 Å². The predicted octanol–water partition coefficient (Wildman–Crippen LogP) is 5.27. The Morgan fingerprint density at radius 1 is 1.06 bits per heavy atom. The minimum Gasteiger partial charge on any atom is -0.494 e. The summed E-state index contributed by atoms with van der Waals surface area (Å²) in [6, 6.07) is 13.8. The molecule has 4 aromatic rings. The topological polar surface area (TPSA) is 85.5 Å². The second kappa shape index (κ2) is 8.78. The smallest absolute Gasteiger partial charge is 0.297 e. The number of benzene rings is 2. The molecule has 1 amide bonds. The number of aryl methyl sites for hydroxylation is 1. The Hall–Kier alpha value is -3.52. The summed E-state index contributed by atoms with van der Waals surface area (Å²) in [6.07, 6.45) is 3.26. The van der Waals surface area contributed by atoms with E-state index in [0.29, 0.717) is 28.3 Å². The first kappa shape index (κ1) is 21.3. The van der Waals surface area contributed by atoms with Crippen LogP contribution in [0.2, 0.25) is 0 Å². The summed E-state index contributed by atoms with van der Waals surface area (Å²) in [7, 11) is 0. The molecule has 1 aliphatic rings. The Kier molecular flexibility index (Phi) is 5.68. The van der Waals surface area contributed by atoms with Crippen LogP contribution in [-0.4, -0.2) is 22.7 Å². The van der Waals surface area contributed by atoms with Crippen molar-refractivity contribution in [1.82, 2.24) is 10.2 Å². The van der Waals surface area contributed by atoms with Crippen LogP contribution in [0.25, 0.3) is 11.0 Å². The average Bonchev–Trinajstić information content (AvgIpc) is 3.38. The quantitative estimate of drug-likeness (QED) is 0.349. The third-order valence-electron chi connectivity index (χ3n) is 5.71. The highest BCUT2D eigenvalue weighted by atomic mass is 32.1. The second-order valence-electron chi connectivity index (χ2n) is 7.98. The summed E-state index contributed by atoms with van der Waals surface area (Å²) in [5.41, 5.74) is 1.27. The van der Waals surface area contributed by atoms with Crippen LogP contribution < -0.4 is 15.1 Å². The molecule has 2 aromatic heterocycles. The number of hydrogen-bond donors (Lipinski definition) is 0. The molecule has 7 nitrogen and oxygen atoms in total. The van der Waals surface area contributed by atoms with Crippen molar-refractivity contribution in [2.45, 2.75) is 39.2 Å². The van der Waals surface area contributed by atoms with Crippen LogP contribution >= 0.6 is 11.3 Å². The number of hydrogen-bond acceptors (Lipinski definition) is 7. The van der Waals surface area contributed by atoms with Crippen molar-refractivity contribution in [1.29, 1.82) is 0 Å². The minimum absolute atomic E-state index is 0.0523. The van der Waals surface area contributed by atoms with Crippen molar-refractivity contribution in [3.05, 3.63) is 80.6 Å². The molecule has 5 rings (SSSR count). The van der Waals surface area contributed by atoms with Gasteiger partial charge in [0, 0.05) is 0 Å². The SMILES string of the molecule is CCCCCOc1ccc([C@@H]2c3c(oc4ccccc4c3=O)C(=O)N2c2nnc(C)s2)cc1. The zero-order valence-corrected chi connectivity index (χ0v) is 19.2. The molecule has 0 bridgehead atoms. The van der Waals surface area contributed by atoms with Crippen LogP contribution in [0.15, 0.2) is 57.7 Å². The molecular formula is C25H23N3O4S. The molecule has 0 saturated heterocycles. The molecule has 1 aliphatic heterocycles. The van der Waals surface area contributed by atoms with Crippen LogP contribution in [0, 0.1) is 6.92 Å². The Balaban J connectivity index is 1.60. The average molecular weight is 462 g/mol. The van der Waals surface area contributed by atoms with Crippen molar-refractivity contribution in [3.8, 4) is 5.75 Å². The van der Waals surface area contributed by atoms with Gasteiger partial charge in [-0.2, -0.15) is 0 Å². The summed E-state index contributed by atoms with van der Waals surface area (Å²) in [5, 5.41) is 9.86. The third kappa shape index (κ3) is 3.80. The number of aromatic nitrogens is 2. The molecule has 0 unspecified atom stereocenters. The van der Waals surface area contributed by atoms with Crippen LogP contribution in [0.4, 0.5) is 5.13 Å². The molecule has 0 fully saturated rings. The van der Waals surface area contributed by atoms with Gasteiger partial charge in [0.2, 0.25) is 10.9 Å². The normalized spacial score (nSPS) is 15.3. The summed E-state index contributed by atoms with van der Waals surface area (Å²) < 4.78 is 11.8.